The van der Waals surface area contributed by atoms with Crippen molar-refractivity contribution >= 4 is 34.1 Å². The predicted molar refractivity (Wildman–Crippen MR) is 261 cm³/mol. The van der Waals surface area contributed by atoms with Gasteiger partial charge in [-0.2, -0.15) is 0 Å². The van der Waals surface area contributed by atoms with Crippen molar-refractivity contribution in [2.24, 2.45) is 11.8 Å². The number of aliphatic hydroxyl groups excluding tert-OH is 2. The summed E-state index contributed by atoms with van der Waals surface area (Å²) in [7, 11) is 3.22. The molecule has 0 aliphatic carbocycles. The number of aromatic nitrogens is 2. The van der Waals surface area contributed by atoms with Gasteiger partial charge in [-0.15, -0.1) is 0 Å². The summed E-state index contributed by atoms with van der Waals surface area (Å²) in [5.41, 5.74) is 3.86. The fourth-order valence-electron chi connectivity index (χ4n) is 10.4. The van der Waals surface area contributed by atoms with Crippen LogP contribution in [0.1, 0.15) is 121 Å². The minimum absolute atomic E-state index is 0.0830. The number of hydrogen-bond donors (Lipinski definition) is 3. The van der Waals surface area contributed by atoms with E-state index in [4.69, 9.17) is 52.0 Å². The molecule has 8 bridgehead atoms. The van der Waals surface area contributed by atoms with Gasteiger partial charge in [-0.3, -0.25) is 0 Å². The standard InChI is InChI=1S/C53H71BrN2O13/c1-31(16-17-38(61-6)12-10-18-54)21-44(58)47-26-42(62-7)27-53(60,69-47)28-49-55-36(29-63-49)22-33(3)51-35(5)52-34(4)45(67-51)13-9-14-48-56-43(30-64-48)46-24-37(57)23-41(66-46)25-40-20-32(2)19-39(65-40)11-8-15-50(59)68-52/h8-10,14-18,21-22,29-30,34-35,37-42,44-47,51-52,57-58,60H,2,11-13,19-20,23-28H2,1,3-7H3/t34-,35-,37+,38+,39-,40+,41-,42+,44+,45+,46+,47+,51?,52-,53-/m0/s1. The second-order valence-corrected chi connectivity index (χ2v) is 20.0. The summed E-state index contributed by atoms with van der Waals surface area (Å²) in [6, 6.07) is 0. The first-order chi connectivity index (χ1) is 33.1. The number of methoxy groups -OCH3 is 2. The first kappa shape index (κ1) is 53.0. The minimum Gasteiger partial charge on any atom is -0.458 e. The van der Waals surface area contributed by atoms with E-state index in [1.807, 2.05) is 64.2 Å². The molecule has 2 aromatic heterocycles. The summed E-state index contributed by atoms with van der Waals surface area (Å²) in [6.45, 7) is 12.2. The lowest BCUT2D eigenvalue weighted by Crippen LogP contribution is -2.51. The van der Waals surface area contributed by atoms with Crippen LogP contribution in [0.5, 0.6) is 0 Å². The molecule has 0 spiro atoms. The summed E-state index contributed by atoms with van der Waals surface area (Å²) in [5, 5.41) is 33.9. The van der Waals surface area contributed by atoms with Crippen LogP contribution < -0.4 is 0 Å². The molecule has 7 rings (SSSR count). The zero-order valence-electron chi connectivity index (χ0n) is 40.7. The van der Waals surface area contributed by atoms with Gasteiger partial charge in [-0.25, -0.2) is 14.8 Å². The van der Waals surface area contributed by atoms with E-state index in [1.54, 1.807) is 37.6 Å². The lowest BCUT2D eigenvalue weighted by Gasteiger charge is -2.44. The fraction of sp³-hybridized carbons (Fsp3) is 0.604. The Balaban J connectivity index is 1.06. The molecular weight excluding hydrogens is 952 g/mol. The highest BCUT2D eigenvalue weighted by Gasteiger charge is 2.45. The van der Waals surface area contributed by atoms with Crippen LogP contribution in [-0.4, -0.2) is 118 Å². The number of halogens is 1. The first-order valence-electron chi connectivity index (χ1n) is 24.3. The highest BCUT2D eigenvalue weighted by molar-refractivity contribution is 9.11. The second-order valence-electron chi connectivity index (χ2n) is 19.5. The Bertz CT molecular complexity index is 2210. The van der Waals surface area contributed by atoms with Gasteiger partial charge in [0.1, 0.15) is 36.1 Å². The molecule has 5 aliphatic heterocycles. The molecule has 7 heterocycles. The van der Waals surface area contributed by atoms with Crippen molar-refractivity contribution in [3.8, 4) is 0 Å². The Kier molecular flexibility index (Phi) is 18.9. The maximum absolute atomic E-state index is 13.6. The number of nitrogens with zero attached hydrogens (tertiary/aromatic N) is 2. The number of hydrogen-bond acceptors (Lipinski definition) is 15. The highest BCUT2D eigenvalue weighted by atomic mass is 79.9. The Morgan fingerprint density at radius 2 is 1.78 bits per heavy atom. The van der Waals surface area contributed by atoms with Crippen molar-refractivity contribution < 1.29 is 62.1 Å². The summed E-state index contributed by atoms with van der Waals surface area (Å²) in [5.74, 6) is -1.95. The SMILES string of the molecule is C=C1C[C@@H]2C[C@@H]3C[C@@H](O)C[C@@H](O3)c3coc(n3)C=CC[C@H]3OC(C(C)=Cc4coc(C[C@]5(O)C[C@H](OC)C[C@H]([C@H](O)C=C(C)C=C[C@@H](CC=CBr)OC)O5)n4)[C@H](C)[C@@H](OC(=O)C=CC[C@@H](C1)O2)[C@H]3C. The van der Waals surface area contributed by atoms with Crippen molar-refractivity contribution in [3.05, 3.63) is 107 Å². The number of allylic oxidation sites excluding steroid dienone is 2. The van der Waals surface area contributed by atoms with E-state index in [2.05, 4.69) is 22.5 Å². The zero-order valence-corrected chi connectivity index (χ0v) is 42.3. The molecule has 0 amide bonds. The zero-order chi connectivity index (χ0) is 49.2. The third kappa shape index (κ3) is 14.6. The lowest BCUT2D eigenvalue weighted by atomic mass is 9.79. The van der Waals surface area contributed by atoms with Crippen LogP contribution >= 0.6 is 15.9 Å². The molecule has 0 radical (unpaired) electrons. The largest absolute Gasteiger partial charge is 0.458 e. The molecule has 15 nitrogen and oxygen atoms in total. The van der Waals surface area contributed by atoms with Crippen LogP contribution in [0.2, 0.25) is 0 Å². The number of ether oxygens (including phenoxy) is 7. The molecule has 16 heteroatoms. The van der Waals surface area contributed by atoms with Gasteiger partial charge in [0, 0.05) is 57.8 Å². The summed E-state index contributed by atoms with van der Waals surface area (Å²) in [6.07, 6.45) is 19.5. The van der Waals surface area contributed by atoms with E-state index in [9.17, 15) is 20.1 Å². The predicted octanol–water partition coefficient (Wildman–Crippen LogP) is 8.76. The molecule has 3 N–H and O–H groups in total. The molecule has 1 unspecified atom stereocenters. The van der Waals surface area contributed by atoms with Crippen molar-refractivity contribution in [1.82, 2.24) is 9.97 Å². The van der Waals surface area contributed by atoms with Crippen LogP contribution in [0.4, 0.5) is 0 Å². The minimum atomic E-state index is -1.73. The van der Waals surface area contributed by atoms with Crippen LogP contribution in [-0.2, 0) is 44.4 Å². The highest BCUT2D eigenvalue weighted by Crippen LogP contribution is 2.40. The topological polar surface area (TPSA) is 194 Å². The number of fused-ring (bicyclic) bond motifs is 9. The van der Waals surface area contributed by atoms with Gasteiger partial charge in [0.15, 0.2) is 11.7 Å². The Labute approximate surface area is 414 Å². The monoisotopic (exact) mass is 1020 g/mol. The number of carbonyl (C=O) groups is 1. The van der Waals surface area contributed by atoms with E-state index >= 15 is 0 Å². The van der Waals surface area contributed by atoms with Gasteiger partial charge in [-0.05, 0) is 75.1 Å². The van der Waals surface area contributed by atoms with Crippen molar-refractivity contribution in [3.63, 3.8) is 0 Å². The van der Waals surface area contributed by atoms with Crippen LogP contribution in [0.3, 0.4) is 0 Å². The average Bonchev–Trinajstić information content (AvgIpc) is 3.96. The van der Waals surface area contributed by atoms with Crippen LogP contribution in [0, 0.1) is 11.8 Å². The number of rotatable bonds is 12. The van der Waals surface area contributed by atoms with E-state index < -0.39 is 48.4 Å². The molecule has 2 aromatic rings. The van der Waals surface area contributed by atoms with Crippen LogP contribution in [0.25, 0.3) is 12.2 Å². The van der Waals surface area contributed by atoms with E-state index in [1.165, 1.54) is 12.3 Å². The van der Waals surface area contributed by atoms with Crippen molar-refractivity contribution in [1.29, 1.82) is 0 Å². The molecule has 5 aliphatic rings. The maximum atomic E-state index is 13.6. The number of oxazole rings is 2. The number of aliphatic hydroxyl groups is 3. The summed E-state index contributed by atoms with van der Waals surface area (Å²) < 4.78 is 55.2. The molecule has 69 heavy (non-hydrogen) atoms. The van der Waals surface area contributed by atoms with Gasteiger partial charge in [-0.1, -0.05) is 84.0 Å². The van der Waals surface area contributed by atoms with E-state index in [0.29, 0.717) is 75.1 Å². The first-order valence-corrected chi connectivity index (χ1v) is 25.2. The smallest absolute Gasteiger partial charge is 0.330 e. The molecule has 4 fully saturated rings. The summed E-state index contributed by atoms with van der Waals surface area (Å²) in [4.78, 5) is 24.8. The third-order valence-electron chi connectivity index (χ3n) is 13.9. The fourth-order valence-corrected chi connectivity index (χ4v) is 10.6. The van der Waals surface area contributed by atoms with Crippen molar-refractivity contribution in [2.75, 3.05) is 14.2 Å². The third-order valence-corrected chi connectivity index (χ3v) is 14.2. The maximum Gasteiger partial charge on any atom is 0.330 e. The van der Waals surface area contributed by atoms with Gasteiger partial charge in [0.05, 0.1) is 67.5 Å². The summed E-state index contributed by atoms with van der Waals surface area (Å²) >= 11 is 3.28. The molecule has 15 atom stereocenters. The second kappa shape index (κ2) is 24.5. The average molecular weight is 1020 g/mol. The molecule has 0 saturated carbocycles. The van der Waals surface area contributed by atoms with Gasteiger partial charge < -0.3 is 57.3 Å². The normalized spacial score (nSPS) is 35.2. The van der Waals surface area contributed by atoms with Crippen LogP contribution in [0.15, 0.2) is 92.2 Å². The van der Waals surface area contributed by atoms with Gasteiger partial charge >= 0.3 is 5.97 Å². The van der Waals surface area contributed by atoms with E-state index in [0.717, 1.165) is 16.7 Å². The quantitative estimate of drug-likeness (QED) is 0.104. The van der Waals surface area contributed by atoms with E-state index in [-0.39, 0.29) is 67.2 Å². The molecular formula is C53H71BrN2O13. The Morgan fingerprint density at radius 1 is 0.986 bits per heavy atom. The molecule has 4 saturated heterocycles. The Morgan fingerprint density at radius 3 is 2.57 bits per heavy atom. The lowest BCUT2D eigenvalue weighted by molar-refractivity contribution is -0.286. The van der Waals surface area contributed by atoms with Gasteiger partial charge in [0.2, 0.25) is 5.89 Å². The molecule has 0 aromatic carbocycles. The molecule has 378 valence electrons. The Hall–Kier alpha value is -3.81. The van der Waals surface area contributed by atoms with Crippen molar-refractivity contribution in [2.45, 2.75) is 177 Å². The van der Waals surface area contributed by atoms with Gasteiger partial charge in [0.25, 0.3) is 0 Å². The number of carbonyl (C=O) groups excluding carboxylic acids is 1. The number of esters is 1.